The van der Waals surface area contributed by atoms with E-state index in [1.54, 1.807) is 0 Å². The Kier molecular flexibility index (Phi) is 6.51. The molecule has 0 aromatic rings. The first-order valence-corrected chi connectivity index (χ1v) is 9.12. The predicted octanol–water partition coefficient (Wildman–Crippen LogP) is 2.88. The second-order valence-electron chi connectivity index (χ2n) is 7.96. The summed E-state index contributed by atoms with van der Waals surface area (Å²) in [4.78, 5) is 2.65. The van der Waals surface area contributed by atoms with Gasteiger partial charge in [-0.3, -0.25) is 4.90 Å². The van der Waals surface area contributed by atoms with Crippen LogP contribution in [0.1, 0.15) is 59.8 Å². The highest BCUT2D eigenvalue weighted by molar-refractivity contribution is 4.91. The van der Waals surface area contributed by atoms with Crippen LogP contribution >= 0.6 is 0 Å². The number of hydrogen-bond donors (Lipinski definition) is 2. The lowest BCUT2D eigenvalue weighted by Crippen LogP contribution is -2.56. The zero-order valence-corrected chi connectivity index (χ0v) is 14.5. The molecule has 0 spiro atoms. The standard InChI is InChI=1S/C18H36N2O/c1-13(2)8-9-19-18-10-17(15(4)21)11-20(12-18)14(3)16-6-5-7-16/h13-19,21H,5-12H2,1-4H3. The molecule has 1 saturated heterocycles. The molecule has 1 heterocycles. The summed E-state index contributed by atoms with van der Waals surface area (Å²) >= 11 is 0. The first-order valence-electron chi connectivity index (χ1n) is 9.12. The maximum absolute atomic E-state index is 10.1. The average Bonchev–Trinajstić information content (AvgIpc) is 2.35. The molecule has 3 nitrogen and oxygen atoms in total. The monoisotopic (exact) mass is 296 g/mol. The summed E-state index contributed by atoms with van der Waals surface area (Å²) in [7, 11) is 0. The molecule has 0 aromatic carbocycles. The lowest BCUT2D eigenvalue weighted by atomic mass is 9.78. The number of nitrogens with one attached hydrogen (secondary N) is 1. The maximum atomic E-state index is 10.1. The lowest BCUT2D eigenvalue weighted by Gasteiger charge is -2.46. The van der Waals surface area contributed by atoms with E-state index in [2.05, 4.69) is 31.0 Å². The Morgan fingerprint density at radius 3 is 2.33 bits per heavy atom. The molecule has 124 valence electrons. The van der Waals surface area contributed by atoms with Crippen LogP contribution in [0.15, 0.2) is 0 Å². The molecule has 4 unspecified atom stereocenters. The minimum atomic E-state index is -0.184. The topological polar surface area (TPSA) is 35.5 Å². The molecule has 0 aromatic heterocycles. The number of piperidine rings is 1. The molecular weight excluding hydrogens is 260 g/mol. The van der Waals surface area contributed by atoms with E-state index in [-0.39, 0.29) is 6.10 Å². The van der Waals surface area contributed by atoms with Crippen molar-refractivity contribution in [2.45, 2.75) is 78.0 Å². The van der Waals surface area contributed by atoms with E-state index in [1.807, 2.05) is 6.92 Å². The average molecular weight is 296 g/mol. The fraction of sp³-hybridized carbons (Fsp3) is 1.00. The van der Waals surface area contributed by atoms with Gasteiger partial charge in [0.15, 0.2) is 0 Å². The van der Waals surface area contributed by atoms with Gasteiger partial charge in [-0.1, -0.05) is 20.3 Å². The molecule has 4 atom stereocenters. The first kappa shape index (κ1) is 17.2. The Morgan fingerprint density at radius 2 is 1.81 bits per heavy atom. The Balaban J connectivity index is 1.88. The molecule has 1 aliphatic carbocycles. The van der Waals surface area contributed by atoms with E-state index in [9.17, 15) is 5.11 Å². The Bertz CT molecular complexity index is 302. The van der Waals surface area contributed by atoms with Gasteiger partial charge in [-0.05, 0) is 63.8 Å². The van der Waals surface area contributed by atoms with E-state index in [1.165, 1.54) is 32.2 Å². The van der Waals surface area contributed by atoms with E-state index in [0.29, 0.717) is 18.0 Å². The summed E-state index contributed by atoms with van der Waals surface area (Å²) in [5, 5.41) is 13.8. The van der Waals surface area contributed by atoms with Gasteiger partial charge in [0.2, 0.25) is 0 Å². The molecule has 21 heavy (non-hydrogen) atoms. The van der Waals surface area contributed by atoms with Crippen molar-refractivity contribution in [3.05, 3.63) is 0 Å². The van der Waals surface area contributed by atoms with Crippen molar-refractivity contribution in [1.29, 1.82) is 0 Å². The van der Waals surface area contributed by atoms with Crippen LogP contribution in [-0.4, -0.2) is 47.8 Å². The Morgan fingerprint density at radius 1 is 1.10 bits per heavy atom. The van der Waals surface area contributed by atoms with Crippen molar-refractivity contribution >= 4 is 0 Å². The highest BCUT2D eigenvalue weighted by Gasteiger charge is 2.35. The zero-order chi connectivity index (χ0) is 15.4. The van der Waals surface area contributed by atoms with Gasteiger partial charge in [0.1, 0.15) is 0 Å². The zero-order valence-electron chi connectivity index (χ0n) is 14.5. The first-order chi connectivity index (χ1) is 9.97. The highest BCUT2D eigenvalue weighted by Crippen LogP contribution is 2.34. The van der Waals surface area contributed by atoms with Gasteiger partial charge in [-0.25, -0.2) is 0 Å². The number of hydrogen-bond acceptors (Lipinski definition) is 3. The lowest BCUT2D eigenvalue weighted by molar-refractivity contribution is 0.00852. The van der Waals surface area contributed by atoms with Crippen LogP contribution in [0.3, 0.4) is 0 Å². The summed E-state index contributed by atoms with van der Waals surface area (Å²) in [6.45, 7) is 12.3. The third-order valence-electron chi connectivity index (χ3n) is 5.76. The number of nitrogens with zero attached hydrogens (tertiary/aromatic N) is 1. The van der Waals surface area contributed by atoms with Gasteiger partial charge in [0.05, 0.1) is 6.10 Å². The summed E-state index contributed by atoms with van der Waals surface area (Å²) in [5.74, 6) is 2.09. The fourth-order valence-corrected chi connectivity index (χ4v) is 3.80. The number of rotatable bonds is 7. The van der Waals surface area contributed by atoms with Crippen molar-refractivity contribution in [3.8, 4) is 0 Å². The van der Waals surface area contributed by atoms with Crippen LogP contribution in [0.2, 0.25) is 0 Å². The third-order valence-corrected chi connectivity index (χ3v) is 5.76. The molecule has 0 radical (unpaired) electrons. The highest BCUT2D eigenvalue weighted by atomic mass is 16.3. The smallest absolute Gasteiger partial charge is 0.0553 e. The molecule has 1 saturated carbocycles. The van der Waals surface area contributed by atoms with Crippen LogP contribution in [-0.2, 0) is 0 Å². The van der Waals surface area contributed by atoms with E-state index >= 15 is 0 Å². The molecule has 2 aliphatic rings. The second-order valence-corrected chi connectivity index (χ2v) is 7.96. The molecule has 1 aliphatic heterocycles. The van der Waals surface area contributed by atoms with Crippen molar-refractivity contribution in [1.82, 2.24) is 10.2 Å². The van der Waals surface area contributed by atoms with E-state index in [0.717, 1.165) is 31.3 Å². The van der Waals surface area contributed by atoms with Crippen molar-refractivity contribution < 1.29 is 5.11 Å². The quantitative estimate of drug-likeness (QED) is 0.758. The van der Waals surface area contributed by atoms with Crippen LogP contribution in [0, 0.1) is 17.8 Å². The maximum Gasteiger partial charge on any atom is 0.0553 e. The normalized spacial score (nSPS) is 31.1. The van der Waals surface area contributed by atoms with Crippen molar-refractivity contribution in [2.24, 2.45) is 17.8 Å². The SMILES string of the molecule is CC(C)CCNC1CC(C(C)O)CN(C(C)C2CCC2)C1. The van der Waals surface area contributed by atoms with E-state index < -0.39 is 0 Å². The van der Waals surface area contributed by atoms with Crippen LogP contribution in [0.4, 0.5) is 0 Å². The van der Waals surface area contributed by atoms with Gasteiger partial charge in [-0.15, -0.1) is 0 Å². The molecule has 2 fully saturated rings. The summed E-state index contributed by atoms with van der Waals surface area (Å²) in [6, 6.07) is 1.24. The van der Waals surface area contributed by atoms with Crippen molar-refractivity contribution in [3.63, 3.8) is 0 Å². The number of aliphatic hydroxyl groups is 1. The number of likely N-dealkylation sites (tertiary alicyclic amines) is 1. The van der Waals surface area contributed by atoms with Gasteiger partial charge in [0, 0.05) is 25.2 Å². The molecule has 2 N–H and O–H groups in total. The molecule has 0 amide bonds. The summed E-state index contributed by atoms with van der Waals surface area (Å²) in [5.41, 5.74) is 0. The van der Waals surface area contributed by atoms with E-state index in [4.69, 9.17) is 0 Å². The fourth-order valence-electron chi connectivity index (χ4n) is 3.80. The largest absolute Gasteiger partial charge is 0.393 e. The number of aliphatic hydroxyl groups excluding tert-OH is 1. The van der Waals surface area contributed by atoms with Crippen molar-refractivity contribution in [2.75, 3.05) is 19.6 Å². The van der Waals surface area contributed by atoms with Gasteiger partial charge < -0.3 is 10.4 Å². The Hall–Kier alpha value is -0.120. The summed E-state index contributed by atoms with van der Waals surface area (Å²) < 4.78 is 0. The molecule has 2 rings (SSSR count). The minimum absolute atomic E-state index is 0.184. The van der Waals surface area contributed by atoms with Crippen LogP contribution in [0.5, 0.6) is 0 Å². The van der Waals surface area contributed by atoms with Gasteiger partial charge in [0.25, 0.3) is 0 Å². The van der Waals surface area contributed by atoms with Crippen LogP contribution < -0.4 is 5.32 Å². The minimum Gasteiger partial charge on any atom is -0.393 e. The Labute approximate surface area is 131 Å². The van der Waals surface area contributed by atoms with Gasteiger partial charge >= 0.3 is 0 Å². The van der Waals surface area contributed by atoms with Crippen LogP contribution in [0.25, 0.3) is 0 Å². The third kappa shape index (κ3) is 4.94. The molecule has 3 heteroatoms. The van der Waals surface area contributed by atoms with Gasteiger partial charge in [-0.2, -0.15) is 0 Å². The molecular formula is C18H36N2O. The predicted molar refractivity (Wildman–Crippen MR) is 89.4 cm³/mol. The molecule has 0 bridgehead atoms. The second kappa shape index (κ2) is 7.94. The summed E-state index contributed by atoms with van der Waals surface area (Å²) in [6.07, 6.45) is 6.41.